The third kappa shape index (κ3) is 4.24. The second-order valence-electron chi connectivity index (χ2n) is 9.62. The van der Waals surface area contributed by atoms with Crippen molar-refractivity contribution in [1.82, 2.24) is 9.80 Å². The number of hydrogen-bond acceptors (Lipinski definition) is 4. The van der Waals surface area contributed by atoms with Crippen molar-refractivity contribution in [2.45, 2.75) is 39.3 Å². The van der Waals surface area contributed by atoms with Gasteiger partial charge in [-0.15, -0.1) is 0 Å². The Kier molecular flexibility index (Phi) is 5.42. The number of methoxy groups -OCH3 is 1. The van der Waals surface area contributed by atoms with Crippen LogP contribution in [0, 0.1) is 5.41 Å². The van der Waals surface area contributed by atoms with Crippen LogP contribution in [-0.2, 0) is 4.79 Å². The number of likely N-dealkylation sites (tertiary alicyclic amines) is 1. The van der Waals surface area contributed by atoms with Crippen LogP contribution in [0.25, 0.3) is 11.1 Å². The third-order valence-electron chi connectivity index (χ3n) is 5.98. The van der Waals surface area contributed by atoms with Crippen molar-refractivity contribution < 1.29 is 19.1 Å². The van der Waals surface area contributed by atoms with Crippen molar-refractivity contribution in [2.75, 3.05) is 27.2 Å². The highest BCUT2D eigenvalue weighted by atomic mass is 16.5. The van der Waals surface area contributed by atoms with Crippen LogP contribution in [-0.4, -0.2) is 61.0 Å². The summed E-state index contributed by atoms with van der Waals surface area (Å²) >= 11 is 0. The molecule has 0 spiro atoms. The Balaban J connectivity index is 1.63. The van der Waals surface area contributed by atoms with Gasteiger partial charge in [-0.2, -0.15) is 0 Å². The highest BCUT2D eigenvalue weighted by Gasteiger charge is 2.44. The Labute approximate surface area is 183 Å². The first kappa shape index (κ1) is 21.2. The summed E-state index contributed by atoms with van der Waals surface area (Å²) in [5, 5.41) is 0. The van der Waals surface area contributed by atoms with Crippen LogP contribution < -0.4 is 9.47 Å². The Morgan fingerprint density at radius 2 is 1.87 bits per heavy atom. The van der Waals surface area contributed by atoms with Gasteiger partial charge >= 0.3 is 0 Å². The highest BCUT2D eigenvalue weighted by Crippen LogP contribution is 2.35. The van der Waals surface area contributed by atoms with Gasteiger partial charge in [0.1, 0.15) is 17.6 Å². The molecule has 0 N–H and O–H groups in total. The number of rotatable bonds is 3. The number of ether oxygens (including phenoxy) is 2. The molecule has 31 heavy (non-hydrogen) atoms. The number of amides is 2. The molecule has 1 saturated heterocycles. The zero-order chi connectivity index (χ0) is 22.3. The Hall–Kier alpha value is -3.02. The minimum Gasteiger partial charge on any atom is -0.497 e. The summed E-state index contributed by atoms with van der Waals surface area (Å²) in [6.45, 7) is 7.16. The van der Waals surface area contributed by atoms with Gasteiger partial charge in [-0.25, -0.2) is 0 Å². The Morgan fingerprint density at radius 1 is 1.13 bits per heavy atom. The summed E-state index contributed by atoms with van der Waals surface area (Å²) in [6, 6.07) is 13.3. The number of carbonyl (C=O) groups is 2. The van der Waals surface area contributed by atoms with Crippen molar-refractivity contribution in [3.05, 3.63) is 48.0 Å². The van der Waals surface area contributed by atoms with Crippen LogP contribution >= 0.6 is 0 Å². The number of likely N-dealkylation sites (N-methyl/N-ethyl adjacent to an activating group) is 1. The quantitative estimate of drug-likeness (QED) is 0.754. The maximum atomic E-state index is 13.2. The molecule has 0 bridgehead atoms. The minimum atomic E-state index is -0.250. The van der Waals surface area contributed by atoms with E-state index in [0.717, 1.165) is 16.9 Å². The first-order valence-electron chi connectivity index (χ1n) is 10.7. The second kappa shape index (κ2) is 7.91. The molecule has 2 heterocycles. The largest absolute Gasteiger partial charge is 0.497 e. The van der Waals surface area contributed by atoms with Crippen LogP contribution in [0.15, 0.2) is 42.5 Å². The average molecular weight is 423 g/mol. The van der Waals surface area contributed by atoms with Crippen LogP contribution in [0.4, 0.5) is 0 Å². The molecule has 0 saturated carbocycles. The molecule has 4 rings (SSSR count). The van der Waals surface area contributed by atoms with Gasteiger partial charge in [-0.05, 0) is 40.8 Å². The summed E-state index contributed by atoms with van der Waals surface area (Å²) in [5.41, 5.74) is 2.41. The van der Waals surface area contributed by atoms with Crippen LogP contribution in [0.2, 0.25) is 0 Å². The van der Waals surface area contributed by atoms with E-state index < -0.39 is 0 Å². The second-order valence-corrected chi connectivity index (χ2v) is 9.62. The van der Waals surface area contributed by atoms with Crippen molar-refractivity contribution in [1.29, 1.82) is 0 Å². The smallest absolute Gasteiger partial charge is 0.257 e. The molecule has 2 atom stereocenters. The molecule has 6 nitrogen and oxygen atoms in total. The Morgan fingerprint density at radius 3 is 2.58 bits per heavy atom. The van der Waals surface area contributed by atoms with Crippen molar-refractivity contribution in [2.24, 2.45) is 5.41 Å². The first-order chi connectivity index (χ1) is 14.7. The molecule has 2 aliphatic heterocycles. The van der Waals surface area contributed by atoms with Crippen LogP contribution in [0.3, 0.4) is 0 Å². The van der Waals surface area contributed by atoms with Gasteiger partial charge in [0.2, 0.25) is 5.91 Å². The lowest BCUT2D eigenvalue weighted by molar-refractivity contribution is -0.132. The molecular formula is C25H30N2O4. The lowest BCUT2D eigenvalue weighted by atomic mass is 9.92. The predicted molar refractivity (Wildman–Crippen MR) is 119 cm³/mol. The van der Waals surface area contributed by atoms with Gasteiger partial charge in [0, 0.05) is 20.0 Å². The normalized spacial score (nSPS) is 20.6. The van der Waals surface area contributed by atoms with E-state index >= 15 is 0 Å². The van der Waals surface area contributed by atoms with Gasteiger partial charge in [-0.1, -0.05) is 39.0 Å². The zero-order valence-corrected chi connectivity index (χ0v) is 18.8. The summed E-state index contributed by atoms with van der Waals surface area (Å²) in [5.74, 6) is 1.36. The van der Waals surface area contributed by atoms with E-state index in [0.29, 0.717) is 30.8 Å². The topological polar surface area (TPSA) is 59.1 Å². The fourth-order valence-corrected chi connectivity index (χ4v) is 4.30. The molecule has 0 aliphatic carbocycles. The van der Waals surface area contributed by atoms with E-state index in [1.54, 1.807) is 19.1 Å². The Bertz CT molecular complexity index is 1010. The predicted octanol–water partition coefficient (Wildman–Crippen LogP) is 3.84. The fraction of sp³-hybridized carbons (Fsp3) is 0.440. The lowest BCUT2D eigenvalue weighted by Gasteiger charge is -2.25. The standard InChI is InChI=1S/C25H30N2O4/c1-25(2,3)13-23(28)27-14-20-22(15-27)31-21-12-17(9-10-19(21)24(29)26(20)4)16-7-6-8-18(11-16)30-5/h6-12,20,22H,13-15H2,1-5H3/t20-,22+/m1/s1. The van der Waals surface area contributed by atoms with Gasteiger partial charge in [0.15, 0.2) is 0 Å². The van der Waals surface area contributed by atoms with E-state index in [4.69, 9.17) is 9.47 Å². The van der Waals surface area contributed by atoms with E-state index in [1.165, 1.54) is 0 Å². The number of fused-ring (bicyclic) bond motifs is 2. The van der Waals surface area contributed by atoms with E-state index in [1.807, 2.05) is 47.4 Å². The van der Waals surface area contributed by atoms with Gasteiger partial charge in [0.05, 0.1) is 25.3 Å². The molecule has 1 fully saturated rings. The molecule has 2 aliphatic rings. The van der Waals surface area contributed by atoms with E-state index in [2.05, 4.69) is 20.8 Å². The van der Waals surface area contributed by atoms with Crippen LogP contribution in [0.1, 0.15) is 37.6 Å². The van der Waals surface area contributed by atoms with Crippen molar-refractivity contribution >= 4 is 11.8 Å². The molecule has 2 aromatic carbocycles. The minimum absolute atomic E-state index is 0.0789. The van der Waals surface area contributed by atoms with Crippen molar-refractivity contribution in [3.63, 3.8) is 0 Å². The lowest BCUT2D eigenvalue weighted by Crippen LogP contribution is -2.44. The molecular weight excluding hydrogens is 392 g/mol. The SMILES string of the molecule is COc1cccc(-c2ccc3c(c2)O[C@H]2CN(C(=O)CC(C)(C)C)C[C@H]2N(C)C3=O)c1. The monoisotopic (exact) mass is 422 g/mol. The fourth-order valence-electron chi connectivity index (χ4n) is 4.30. The van der Waals surface area contributed by atoms with E-state index in [-0.39, 0.29) is 29.4 Å². The molecule has 164 valence electrons. The third-order valence-corrected chi connectivity index (χ3v) is 5.98. The van der Waals surface area contributed by atoms with Crippen molar-refractivity contribution in [3.8, 4) is 22.6 Å². The average Bonchev–Trinajstić information content (AvgIpc) is 3.12. The summed E-state index contributed by atoms with van der Waals surface area (Å²) in [6.07, 6.45) is 0.223. The maximum Gasteiger partial charge on any atom is 0.257 e. The van der Waals surface area contributed by atoms with E-state index in [9.17, 15) is 9.59 Å². The molecule has 2 amide bonds. The number of nitrogens with zero attached hydrogens (tertiary/aromatic N) is 2. The number of hydrogen-bond donors (Lipinski definition) is 0. The first-order valence-corrected chi connectivity index (χ1v) is 10.7. The number of carbonyl (C=O) groups excluding carboxylic acids is 2. The van der Waals surface area contributed by atoms with Crippen LogP contribution in [0.5, 0.6) is 11.5 Å². The van der Waals surface area contributed by atoms with Gasteiger partial charge in [0.25, 0.3) is 5.91 Å². The molecule has 0 radical (unpaired) electrons. The highest BCUT2D eigenvalue weighted by molar-refractivity contribution is 5.98. The summed E-state index contributed by atoms with van der Waals surface area (Å²) in [7, 11) is 3.44. The number of benzene rings is 2. The molecule has 6 heteroatoms. The van der Waals surface area contributed by atoms with Gasteiger partial charge < -0.3 is 19.3 Å². The molecule has 0 aromatic heterocycles. The summed E-state index contributed by atoms with van der Waals surface area (Å²) in [4.78, 5) is 29.5. The maximum absolute atomic E-state index is 13.2. The van der Waals surface area contributed by atoms with Gasteiger partial charge in [-0.3, -0.25) is 9.59 Å². The molecule has 2 aromatic rings. The zero-order valence-electron chi connectivity index (χ0n) is 18.8. The summed E-state index contributed by atoms with van der Waals surface area (Å²) < 4.78 is 11.7. The molecule has 0 unspecified atom stereocenters.